The second kappa shape index (κ2) is 7.56. The zero-order valence-corrected chi connectivity index (χ0v) is 12.9. The van der Waals surface area contributed by atoms with Gasteiger partial charge in [0.25, 0.3) is 11.5 Å². The second-order valence-electron chi connectivity index (χ2n) is 5.75. The molecule has 1 saturated heterocycles. The Morgan fingerprint density at radius 3 is 2.95 bits per heavy atom. The van der Waals surface area contributed by atoms with Gasteiger partial charge in [-0.3, -0.25) is 14.5 Å². The summed E-state index contributed by atoms with van der Waals surface area (Å²) >= 11 is 0. The molecule has 1 unspecified atom stereocenters. The fraction of sp³-hybridized carbons (Fsp3) is 0.733. The van der Waals surface area contributed by atoms with Gasteiger partial charge in [-0.25, -0.2) is 0 Å². The molecule has 1 aromatic heterocycles. The molecule has 1 aromatic rings. The summed E-state index contributed by atoms with van der Waals surface area (Å²) in [5.74, 6) is 0.174. The third-order valence-corrected chi connectivity index (χ3v) is 3.82. The summed E-state index contributed by atoms with van der Waals surface area (Å²) in [6.45, 7) is 6.80. The van der Waals surface area contributed by atoms with Crippen molar-refractivity contribution >= 4 is 5.91 Å². The lowest BCUT2D eigenvalue weighted by Crippen LogP contribution is -2.42. The van der Waals surface area contributed by atoms with Crippen LogP contribution in [-0.4, -0.2) is 47.8 Å². The monoisotopic (exact) mass is 295 g/mol. The maximum atomic E-state index is 12.2. The first kappa shape index (κ1) is 16.0. The van der Waals surface area contributed by atoms with Crippen LogP contribution in [0.2, 0.25) is 0 Å². The minimum Gasteiger partial charge on any atom is -0.373 e. The fourth-order valence-electron chi connectivity index (χ4n) is 2.72. The number of nitrogens with one attached hydrogen (secondary N) is 1. The van der Waals surface area contributed by atoms with Crippen molar-refractivity contribution in [3.8, 4) is 0 Å². The normalized spacial score (nSPS) is 18.5. The highest BCUT2D eigenvalue weighted by Crippen LogP contribution is 2.08. The Labute approximate surface area is 125 Å². The number of unbranched alkanes of at least 4 members (excludes halogenated alkanes) is 1. The van der Waals surface area contributed by atoms with Gasteiger partial charge in [-0.1, -0.05) is 13.3 Å². The number of hydrogen-bond donors (Lipinski definition) is 1. The van der Waals surface area contributed by atoms with E-state index >= 15 is 0 Å². The van der Waals surface area contributed by atoms with Gasteiger partial charge in [0.1, 0.15) is 5.76 Å². The molecular formula is C15H25N3O3. The highest BCUT2D eigenvalue weighted by molar-refractivity contribution is 5.79. The molecule has 0 aromatic carbocycles. The number of nitrogens with zero attached hydrogens (tertiary/aromatic N) is 2. The van der Waals surface area contributed by atoms with Gasteiger partial charge < -0.3 is 9.84 Å². The van der Waals surface area contributed by atoms with Crippen LogP contribution < -0.4 is 10.9 Å². The van der Waals surface area contributed by atoms with E-state index in [4.69, 9.17) is 4.52 Å². The van der Waals surface area contributed by atoms with Crippen molar-refractivity contribution in [2.45, 2.75) is 45.6 Å². The van der Waals surface area contributed by atoms with E-state index in [1.807, 2.05) is 0 Å². The zero-order valence-electron chi connectivity index (χ0n) is 12.9. The van der Waals surface area contributed by atoms with Crippen LogP contribution in [0.4, 0.5) is 0 Å². The first-order valence-corrected chi connectivity index (χ1v) is 7.79. The van der Waals surface area contributed by atoms with E-state index in [0.717, 1.165) is 43.6 Å². The first-order valence-electron chi connectivity index (χ1n) is 7.79. The largest absolute Gasteiger partial charge is 0.373 e. The van der Waals surface area contributed by atoms with Crippen LogP contribution in [-0.2, 0) is 0 Å². The predicted molar refractivity (Wildman–Crippen MR) is 80.7 cm³/mol. The van der Waals surface area contributed by atoms with Crippen LogP contribution in [0.25, 0.3) is 0 Å². The summed E-state index contributed by atoms with van der Waals surface area (Å²) in [5.41, 5.74) is -0.382. The van der Waals surface area contributed by atoms with Crippen LogP contribution in [0, 0.1) is 6.92 Å². The van der Waals surface area contributed by atoms with E-state index in [0.29, 0.717) is 11.8 Å². The SMILES string of the molecule is CCCCN(CC(=O)n1oc(C)cc1=O)CC1CCCN1. The van der Waals surface area contributed by atoms with Crippen molar-refractivity contribution in [1.82, 2.24) is 15.0 Å². The van der Waals surface area contributed by atoms with Crippen molar-refractivity contribution in [1.29, 1.82) is 0 Å². The van der Waals surface area contributed by atoms with E-state index < -0.39 is 0 Å². The second-order valence-corrected chi connectivity index (χ2v) is 5.75. The Morgan fingerprint density at radius 2 is 2.38 bits per heavy atom. The molecule has 21 heavy (non-hydrogen) atoms. The average Bonchev–Trinajstić information content (AvgIpc) is 3.05. The molecule has 1 N–H and O–H groups in total. The zero-order chi connectivity index (χ0) is 15.2. The molecule has 0 spiro atoms. The molecule has 6 nitrogen and oxygen atoms in total. The third-order valence-electron chi connectivity index (χ3n) is 3.82. The summed E-state index contributed by atoms with van der Waals surface area (Å²) < 4.78 is 6.04. The molecule has 118 valence electrons. The van der Waals surface area contributed by atoms with Crippen LogP contribution in [0.15, 0.2) is 15.4 Å². The van der Waals surface area contributed by atoms with E-state index in [-0.39, 0.29) is 18.0 Å². The lowest BCUT2D eigenvalue weighted by molar-refractivity contribution is 0.0708. The van der Waals surface area contributed by atoms with Crippen LogP contribution >= 0.6 is 0 Å². The molecule has 0 bridgehead atoms. The van der Waals surface area contributed by atoms with Gasteiger partial charge in [-0.05, 0) is 39.3 Å². The molecule has 2 rings (SSSR count). The highest BCUT2D eigenvalue weighted by atomic mass is 16.5. The van der Waals surface area contributed by atoms with Gasteiger partial charge in [0.15, 0.2) is 0 Å². The van der Waals surface area contributed by atoms with E-state index in [2.05, 4.69) is 17.1 Å². The fourth-order valence-corrected chi connectivity index (χ4v) is 2.72. The smallest absolute Gasteiger partial charge is 0.290 e. The van der Waals surface area contributed by atoms with E-state index in [9.17, 15) is 9.59 Å². The van der Waals surface area contributed by atoms with Crippen LogP contribution in [0.3, 0.4) is 0 Å². The van der Waals surface area contributed by atoms with E-state index in [1.54, 1.807) is 6.92 Å². The summed E-state index contributed by atoms with van der Waals surface area (Å²) in [6.07, 6.45) is 4.47. The molecule has 0 saturated carbocycles. The van der Waals surface area contributed by atoms with Crippen LogP contribution in [0.5, 0.6) is 0 Å². The molecule has 6 heteroatoms. The molecule has 0 aliphatic carbocycles. The minimum atomic E-state index is -0.382. The molecule has 1 aliphatic heterocycles. The molecule has 1 fully saturated rings. The standard InChI is InChI=1S/C15H25N3O3/c1-3-4-8-17(10-13-6-5-7-16-13)11-15(20)18-14(19)9-12(2)21-18/h9,13,16H,3-8,10-11H2,1-2H3. The van der Waals surface area contributed by atoms with Gasteiger partial charge in [0.2, 0.25) is 0 Å². The number of aromatic nitrogens is 1. The maximum Gasteiger partial charge on any atom is 0.290 e. The van der Waals surface area contributed by atoms with Gasteiger partial charge in [0.05, 0.1) is 6.54 Å². The predicted octanol–water partition coefficient (Wildman–Crippen LogP) is 1.24. The topological polar surface area (TPSA) is 67.5 Å². The summed E-state index contributed by atoms with van der Waals surface area (Å²) in [4.78, 5) is 26.0. The van der Waals surface area contributed by atoms with Gasteiger partial charge in [-0.15, -0.1) is 4.74 Å². The number of rotatable bonds is 7. The van der Waals surface area contributed by atoms with Crippen LogP contribution in [0.1, 0.15) is 43.2 Å². The molecule has 0 radical (unpaired) electrons. The summed E-state index contributed by atoms with van der Waals surface area (Å²) in [7, 11) is 0. The van der Waals surface area contributed by atoms with Gasteiger partial charge >= 0.3 is 0 Å². The Hall–Kier alpha value is -1.40. The van der Waals surface area contributed by atoms with Crippen molar-refractivity contribution in [2.24, 2.45) is 0 Å². The molecule has 1 aliphatic rings. The lowest BCUT2D eigenvalue weighted by atomic mass is 10.2. The number of hydrogen-bond acceptors (Lipinski definition) is 5. The number of carbonyl (C=O) groups excluding carboxylic acids is 1. The third kappa shape index (κ3) is 4.54. The number of aryl methyl sites for hydroxylation is 1. The Morgan fingerprint density at radius 1 is 1.57 bits per heavy atom. The molecule has 1 atom stereocenters. The highest BCUT2D eigenvalue weighted by Gasteiger charge is 2.21. The summed E-state index contributed by atoms with van der Waals surface area (Å²) in [5, 5.41) is 3.45. The van der Waals surface area contributed by atoms with Crippen molar-refractivity contribution in [3.63, 3.8) is 0 Å². The molecule has 0 amide bonds. The first-order chi connectivity index (χ1) is 10.1. The minimum absolute atomic E-state index is 0.227. The lowest BCUT2D eigenvalue weighted by Gasteiger charge is -2.24. The molecule has 2 heterocycles. The Kier molecular flexibility index (Phi) is 5.76. The maximum absolute atomic E-state index is 12.2. The molecular weight excluding hydrogens is 270 g/mol. The van der Waals surface area contributed by atoms with Gasteiger partial charge in [-0.2, -0.15) is 0 Å². The van der Waals surface area contributed by atoms with Crippen molar-refractivity contribution in [3.05, 3.63) is 22.2 Å². The van der Waals surface area contributed by atoms with Crippen molar-refractivity contribution in [2.75, 3.05) is 26.2 Å². The Balaban J connectivity index is 1.97. The van der Waals surface area contributed by atoms with Crippen molar-refractivity contribution < 1.29 is 9.32 Å². The quantitative estimate of drug-likeness (QED) is 0.820. The number of carbonyl (C=O) groups is 1. The van der Waals surface area contributed by atoms with E-state index in [1.165, 1.54) is 12.5 Å². The average molecular weight is 295 g/mol. The summed E-state index contributed by atoms with van der Waals surface area (Å²) in [6, 6.07) is 1.79. The van der Waals surface area contributed by atoms with Gasteiger partial charge in [0, 0.05) is 18.7 Å². The Bertz CT molecular complexity index is 514.